The van der Waals surface area contributed by atoms with Gasteiger partial charge >= 0.3 is 0 Å². The Morgan fingerprint density at radius 2 is 2.07 bits per heavy atom. The molecule has 1 heterocycles. The lowest BCUT2D eigenvalue weighted by atomic mass is 10.1. The van der Waals surface area contributed by atoms with E-state index in [0.717, 1.165) is 32.4 Å². The SMILES string of the molecule is CCCC(N)CN1CCCS(=O)(=O)CC1. The quantitative estimate of drug-likeness (QED) is 0.756. The Bertz CT molecular complexity index is 277. The molecule has 1 saturated heterocycles. The van der Waals surface area contributed by atoms with E-state index in [0.29, 0.717) is 18.1 Å². The highest BCUT2D eigenvalue weighted by Crippen LogP contribution is 2.06. The molecule has 5 heteroatoms. The summed E-state index contributed by atoms with van der Waals surface area (Å²) in [4.78, 5) is 2.19. The molecule has 0 bridgehead atoms. The van der Waals surface area contributed by atoms with Gasteiger partial charge < -0.3 is 10.6 Å². The van der Waals surface area contributed by atoms with Gasteiger partial charge in [0.1, 0.15) is 0 Å². The van der Waals surface area contributed by atoms with Gasteiger partial charge in [0.05, 0.1) is 11.5 Å². The van der Waals surface area contributed by atoms with E-state index in [4.69, 9.17) is 5.73 Å². The molecule has 0 radical (unpaired) electrons. The molecule has 0 saturated carbocycles. The molecule has 1 atom stereocenters. The van der Waals surface area contributed by atoms with Crippen molar-refractivity contribution in [1.29, 1.82) is 0 Å². The largest absolute Gasteiger partial charge is 0.327 e. The summed E-state index contributed by atoms with van der Waals surface area (Å²) in [6, 6.07) is 0.191. The molecule has 0 aromatic carbocycles. The average Bonchev–Trinajstić information content (AvgIpc) is 2.28. The molecule has 0 aromatic rings. The monoisotopic (exact) mass is 234 g/mol. The van der Waals surface area contributed by atoms with Gasteiger partial charge in [0.15, 0.2) is 9.84 Å². The molecule has 0 aliphatic carbocycles. The summed E-state index contributed by atoms with van der Waals surface area (Å²) >= 11 is 0. The van der Waals surface area contributed by atoms with Crippen LogP contribution in [0.5, 0.6) is 0 Å². The van der Waals surface area contributed by atoms with Crippen LogP contribution in [-0.4, -0.2) is 50.5 Å². The zero-order chi connectivity index (χ0) is 11.3. The first-order valence-corrected chi connectivity index (χ1v) is 7.54. The van der Waals surface area contributed by atoms with Crippen LogP contribution in [0.15, 0.2) is 0 Å². The first kappa shape index (κ1) is 12.9. The smallest absolute Gasteiger partial charge is 0.151 e. The van der Waals surface area contributed by atoms with Crippen LogP contribution >= 0.6 is 0 Å². The van der Waals surface area contributed by atoms with Crippen molar-refractivity contribution in [2.45, 2.75) is 32.2 Å². The number of hydrogen-bond donors (Lipinski definition) is 1. The normalized spacial score (nSPS) is 24.7. The van der Waals surface area contributed by atoms with Crippen molar-refractivity contribution in [3.8, 4) is 0 Å². The molecule has 1 aliphatic rings. The minimum atomic E-state index is -2.78. The lowest BCUT2D eigenvalue weighted by molar-refractivity contribution is 0.270. The highest BCUT2D eigenvalue weighted by Gasteiger charge is 2.19. The predicted octanol–water partition coefficient (Wildman–Crippen LogP) is 0.234. The molecule has 1 aliphatic heterocycles. The maximum Gasteiger partial charge on any atom is 0.151 e. The van der Waals surface area contributed by atoms with Crippen molar-refractivity contribution in [1.82, 2.24) is 4.90 Å². The summed E-state index contributed by atoms with van der Waals surface area (Å²) in [5, 5.41) is 0. The minimum absolute atomic E-state index is 0.191. The highest BCUT2D eigenvalue weighted by molar-refractivity contribution is 7.91. The molecule has 15 heavy (non-hydrogen) atoms. The third-order valence-corrected chi connectivity index (χ3v) is 4.52. The van der Waals surface area contributed by atoms with Crippen molar-refractivity contribution in [2.75, 3.05) is 31.1 Å². The Balaban J connectivity index is 2.38. The van der Waals surface area contributed by atoms with Gasteiger partial charge in [-0.1, -0.05) is 13.3 Å². The second-order valence-corrected chi connectivity index (χ2v) is 6.66. The zero-order valence-electron chi connectivity index (χ0n) is 9.48. The average molecular weight is 234 g/mol. The fourth-order valence-electron chi connectivity index (χ4n) is 1.97. The molecule has 1 rings (SSSR count). The highest BCUT2D eigenvalue weighted by atomic mass is 32.2. The predicted molar refractivity (Wildman–Crippen MR) is 62.6 cm³/mol. The first-order chi connectivity index (χ1) is 7.03. The zero-order valence-corrected chi connectivity index (χ0v) is 10.3. The maximum atomic E-state index is 11.4. The molecule has 0 aromatic heterocycles. The van der Waals surface area contributed by atoms with Gasteiger partial charge in [-0.05, 0) is 19.4 Å². The molecule has 0 spiro atoms. The van der Waals surface area contributed by atoms with Crippen molar-refractivity contribution >= 4 is 9.84 Å². The fourth-order valence-corrected chi connectivity index (χ4v) is 3.28. The van der Waals surface area contributed by atoms with Gasteiger partial charge in [-0.25, -0.2) is 8.42 Å². The Kier molecular flexibility index (Phi) is 5.02. The molecule has 2 N–H and O–H groups in total. The van der Waals surface area contributed by atoms with E-state index in [1.165, 1.54) is 0 Å². The Morgan fingerprint density at radius 3 is 2.73 bits per heavy atom. The molecule has 1 unspecified atom stereocenters. The molecule has 4 nitrogen and oxygen atoms in total. The van der Waals surface area contributed by atoms with Gasteiger partial charge in [-0.15, -0.1) is 0 Å². The van der Waals surface area contributed by atoms with Gasteiger partial charge in [0.2, 0.25) is 0 Å². The van der Waals surface area contributed by atoms with Crippen molar-refractivity contribution in [3.05, 3.63) is 0 Å². The van der Waals surface area contributed by atoms with Crippen LogP contribution < -0.4 is 5.73 Å². The van der Waals surface area contributed by atoms with E-state index < -0.39 is 9.84 Å². The molecular weight excluding hydrogens is 212 g/mol. The van der Waals surface area contributed by atoms with Crippen LogP contribution in [0.3, 0.4) is 0 Å². The Morgan fingerprint density at radius 1 is 1.33 bits per heavy atom. The van der Waals surface area contributed by atoms with Gasteiger partial charge in [0.25, 0.3) is 0 Å². The lowest BCUT2D eigenvalue weighted by Gasteiger charge is -2.22. The van der Waals surface area contributed by atoms with E-state index in [9.17, 15) is 8.42 Å². The first-order valence-electron chi connectivity index (χ1n) is 5.72. The van der Waals surface area contributed by atoms with Crippen LogP contribution in [0.2, 0.25) is 0 Å². The summed E-state index contributed by atoms with van der Waals surface area (Å²) in [5.41, 5.74) is 5.94. The van der Waals surface area contributed by atoms with E-state index in [-0.39, 0.29) is 6.04 Å². The summed E-state index contributed by atoms with van der Waals surface area (Å²) in [5.74, 6) is 0.637. The van der Waals surface area contributed by atoms with Crippen molar-refractivity contribution in [2.24, 2.45) is 5.73 Å². The Hall–Kier alpha value is -0.130. The van der Waals surface area contributed by atoms with Crippen LogP contribution in [0.25, 0.3) is 0 Å². The summed E-state index contributed by atoms with van der Waals surface area (Å²) in [7, 11) is -2.78. The van der Waals surface area contributed by atoms with Crippen molar-refractivity contribution in [3.63, 3.8) is 0 Å². The van der Waals surface area contributed by atoms with Gasteiger partial charge in [-0.3, -0.25) is 0 Å². The van der Waals surface area contributed by atoms with E-state index in [1.54, 1.807) is 0 Å². The third kappa shape index (κ3) is 4.95. The number of nitrogens with zero attached hydrogens (tertiary/aromatic N) is 1. The maximum absolute atomic E-state index is 11.4. The molecule has 90 valence electrons. The summed E-state index contributed by atoms with van der Waals surface area (Å²) in [6.45, 7) is 4.48. The van der Waals surface area contributed by atoms with E-state index in [1.807, 2.05) is 0 Å². The van der Waals surface area contributed by atoms with Crippen LogP contribution in [-0.2, 0) is 9.84 Å². The third-order valence-electron chi connectivity index (χ3n) is 2.80. The fraction of sp³-hybridized carbons (Fsp3) is 1.00. The van der Waals surface area contributed by atoms with E-state index >= 15 is 0 Å². The van der Waals surface area contributed by atoms with Crippen LogP contribution in [0.1, 0.15) is 26.2 Å². The molecular formula is C10H22N2O2S. The Labute approximate surface area is 92.7 Å². The number of nitrogens with two attached hydrogens (primary N) is 1. The summed E-state index contributed by atoms with van der Waals surface area (Å²) in [6.07, 6.45) is 2.86. The second-order valence-electron chi connectivity index (χ2n) is 4.35. The van der Waals surface area contributed by atoms with Crippen molar-refractivity contribution < 1.29 is 8.42 Å². The second kappa shape index (κ2) is 5.82. The van der Waals surface area contributed by atoms with E-state index in [2.05, 4.69) is 11.8 Å². The van der Waals surface area contributed by atoms with Gasteiger partial charge in [-0.2, -0.15) is 0 Å². The van der Waals surface area contributed by atoms with Crippen LogP contribution in [0.4, 0.5) is 0 Å². The summed E-state index contributed by atoms with van der Waals surface area (Å²) < 4.78 is 22.7. The molecule has 0 amide bonds. The number of rotatable bonds is 4. The topological polar surface area (TPSA) is 63.4 Å². The number of sulfone groups is 1. The lowest BCUT2D eigenvalue weighted by Crippen LogP contribution is -2.38. The van der Waals surface area contributed by atoms with Crippen LogP contribution in [0, 0.1) is 0 Å². The van der Waals surface area contributed by atoms with Gasteiger partial charge in [0, 0.05) is 19.1 Å². The minimum Gasteiger partial charge on any atom is -0.327 e. The standard InChI is InChI=1S/C10H22N2O2S/c1-2-4-10(11)9-12-5-3-7-15(13,14)8-6-12/h10H,2-9,11H2,1H3. The number of hydrogen-bond acceptors (Lipinski definition) is 4. The molecule has 1 fully saturated rings.